The van der Waals surface area contributed by atoms with Crippen LogP contribution >= 0.6 is 24.0 Å². The summed E-state index contributed by atoms with van der Waals surface area (Å²) in [4.78, 5) is 13.8. The monoisotopic (exact) mass is 232 g/mol. The van der Waals surface area contributed by atoms with Crippen LogP contribution in [0.15, 0.2) is 0 Å². The van der Waals surface area contributed by atoms with Crippen molar-refractivity contribution >= 4 is 34.9 Å². The molecule has 14 heavy (non-hydrogen) atoms. The van der Waals surface area contributed by atoms with Gasteiger partial charge in [0.05, 0.1) is 11.4 Å². The third-order valence-electron chi connectivity index (χ3n) is 2.27. The van der Waals surface area contributed by atoms with Crippen LogP contribution in [0.25, 0.3) is 0 Å². The molecule has 3 nitrogen and oxygen atoms in total. The maximum Gasteiger partial charge on any atom is 0.229 e. The van der Waals surface area contributed by atoms with Crippen molar-refractivity contribution in [2.24, 2.45) is 5.73 Å². The van der Waals surface area contributed by atoms with Crippen molar-refractivity contribution in [3.63, 3.8) is 0 Å². The van der Waals surface area contributed by atoms with E-state index in [4.69, 9.17) is 18.0 Å². The highest BCUT2D eigenvalue weighted by atomic mass is 32.2. The number of amides is 1. The molecular formula is C9H16N2OS2. The third-order valence-corrected chi connectivity index (χ3v) is 3.79. The summed E-state index contributed by atoms with van der Waals surface area (Å²) in [5, 5.41) is 0.582. The first-order valence-corrected chi connectivity index (χ1v) is 6.27. The smallest absolute Gasteiger partial charge is 0.229 e. The van der Waals surface area contributed by atoms with Gasteiger partial charge < -0.3 is 10.6 Å². The van der Waals surface area contributed by atoms with Gasteiger partial charge in [0.15, 0.2) is 0 Å². The summed E-state index contributed by atoms with van der Waals surface area (Å²) in [6.45, 7) is 3.84. The molecule has 1 saturated heterocycles. The predicted molar refractivity (Wildman–Crippen MR) is 64.5 cm³/mol. The van der Waals surface area contributed by atoms with Crippen LogP contribution in [0.5, 0.6) is 0 Å². The molecule has 80 valence electrons. The highest BCUT2D eigenvalue weighted by molar-refractivity contribution is 8.00. The van der Waals surface area contributed by atoms with Gasteiger partial charge in [-0.15, -0.1) is 0 Å². The van der Waals surface area contributed by atoms with Crippen molar-refractivity contribution in [2.45, 2.75) is 25.0 Å². The lowest BCUT2D eigenvalue weighted by atomic mass is 10.2. The molecule has 1 atom stereocenters. The van der Waals surface area contributed by atoms with Crippen LogP contribution in [-0.4, -0.2) is 39.9 Å². The van der Waals surface area contributed by atoms with Gasteiger partial charge >= 0.3 is 0 Å². The minimum absolute atomic E-state index is 0.0799. The average molecular weight is 232 g/mol. The van der Waals surface area contributed by atoms with Crippen LogP contribution in [0.1, 0.15) is 19.8 Å². The number of carbonyl (C=O) groups is 1. The Balaban J connectivity index is 2.43. The van der Waals surface area contributed by atoms with Gasteiger partial charge in [-0.1, -0.05) is 19.1 Å². The molecule has 0 bridgehead atoms. The SMILES string of the molecule is CCC1CN(C(=O)CC(N)=S)CCS1. The predicted octanol–water partition coefficient (Wildman–Crippen LogP) is 1.02. The van der Waals surface area contributed by atoms with Gasteiger partial charge in [0.1, 0.15) is 0 Å². The molecule has 1 amide bonds. The number of hydrogen-bond acceptors (Lipinski definition) is 3. The molecule has 0 aliphatic carbocycles. The van der Waals surface area contributed by atoms with Crippen LogP contribution in [0.4, 0.5) is 0 Å². The quantitative estimate of drug-likeness (QED) is 0.738. The van der Waals surface area contributed by atoms with Crippen LogP contribution in [0, 0.1) is 0 Å². The second kappa shape index (κ2) is 5.56. The molecule has 0 spiro atoms. The first-order valence-electron chi connectivity index (χ1n) is 4.81. The van der Waals surface area contributed by atoms with Crippen molar-refractivity contribution in [1.29, 1.82) is 0 Å². The minimum Gasteiger partial charge on any atom is -0.393 e. The van der Waals surface area contributed by atoms with E-state index in [0.29, 0.717) is 10.2 Å². The Bertz CT molecular complexity index is 233. The van der Waals surface area contributed by atoms with E-state index in [-0.39, 0.29) is 12.3 Å². The Labute approximate surface area is 94.4 Å². The van der Waals surface area contributed by atoms with Gasteiger partial charge in [0.2, 0.25) is 5.91 Å². The first-order chi connectivity index (χ1) is 6.63. The summed E-state index contributed by atoms with van der Waals surface area (Å²) in [7, 11) is 0. The number of thioether (sulfide) groups is 1. The van der Waals surface area contributed by atoms with Crippen molar-refractivity contribution in [2.75, 3.05) is 18.8 Å². The van der Waals surface area contributed by atoms with Crippen LogP contribution in [-0.2, 0) is 4.79 Å². The number of thiocarbonyl (C=S) groups is 1. The molecule has 0 aromatic heterocycles. The Kier molecular flexibility index (Phi) is 4.68. The molecular weight excluding hydrogens is 216 g/mol. The zero-order chi connectivity index (χ0) is 10.6. The molecule has 5 heteroatoms. The van der Waals surface area contributed by atoms with E-state index in [9.17, 15) is 4.79 Å². The lowest BCUT2D eigenvalue weighted by Gasteiger charge is -2.31. The fourth-order valence-electron chi connectivity index (χ4n) is 1.45. The summed E-state index contributed by atoms with van der Waals surface area (Å²) >= 11 is 6.67. The van der Waals surface area contributed by atoms with Crippen molar-refractivity contribution in [1.82, 2.24) is 4.90 Å². The molecule has 2 N–H and O–H groups in total. The van der Waals surface area contributed by atoms with E-state index in [2.05, 4.69) is 6.92 Å². The number of nitrogens with zero attached hydrogens (tertiary/aromatic N) is 1. The molecule has 1 aliphatic rings. The lowest BCUT2D eigenvalue weighted by molar-refractivity contribution is -0.129. The molecule has 1 rings (SSSR count). The maximum absolute atomic E-state index is 11.6. The normalized spacial score (nSPS) is 22.1. The molecule has 1 fully saturated rings. The molecule has 0 aromatic rings. The van der Waals surface area contributed by atoms with Gasteiger partial charge in [0.25, 0.3) is 0 Å². The van der Waals surface area contributed by atoms with Gasteiger partial charge in [-0.2, -0.15) is 11.8 Å². The zero-order valence-electron chi connectivity index (χ0n) is 8.36. The minimum atomic E-state index is 0.0799. The largest absolute Gasteiger partial charge is 0.393 e. The highest BCUT2D eigenvalue weighted by Crippen LogP contribution is 2.21. The summed E-state index contributed by atoms with van der Waals surface area (Å²) in [5.41, 5.74) is 5.35. The van der Waals surface area contributed by atoms with Crippen LogP contribution in [0.2, 0.25) is 0 Å². The molecule has 1 aliphatic heterocycles. The fraction of sp³-hybridized carbons (Fsp3) is 0.778. The Morgan fingerprint density at radius 3 is 3.00 bits per heavy atom. The number of nitrogens with two attached hydrogens (primary N) is 1. The van der Waals surface area contributed by atoms with Gasteiger partial charge in [0, 0.05) is 24.1 Å². The molecule has 1 heterocycles. The molecule has 0 aromatic carbocycles. The molecule has 0 radical (unpaired) electrons. The second-order valence-electron chi connectivity index (χ2n) is 3.38. The van der Waals surface area contributed by atoms with Crippen LogP contribution in [0.3, 0.4) is 0 Å². The number of carbonyl (C=O) groups excluding carboxylic acids is 1. The Morgan fingerprint density at radius 2 is 2.43 bits per heavy atom. The number of hydrogen-bond donors (Lipinski definition) is 1. The van der Waals surface area contributed by atoms with E-state index in [0.717, 1.165) is 25.3 Å². The Hall–Kier alpha value is -0.290. The van der Waals surface area contributed by atoms with Crippen LogP contribution < -0.4 is 5.73 Å². The van der Waals surface area contributed by atoms with Gasteiger partial charge in [-0.05, 0) is 6.42 Å². The van der Waals surface area contributed by atoms with Gasteiger partial charge in [-0.3, -0.25) is 4.79 Å². The van der Waals surface area contributed by atoms with E-state index < -0.39 is 0 Å². The average Bonchev–Trinajstić information content (AvgIpc) is 2.17. The highest BCUT2D eigenvalue weighted by Gasteiger charge is 2.22. The molecule has 1 unspecified atom stereocenters. The summed E-state index contributed by atoms with van der Waals surface area (Å²) in [5.74, 6) is 1.11. The summed E-state index contributed by atoms with van der Waals surface area (Å²) in [6, 6.07) is 0. The number of rotatable bonds is 3. The first kappa shape index (κ1) is 11.8. The van der Waals surface area contributed by atoms with E-state index >= 15 is 0 Å². The van der Waals surface area contributed by atoms with E-state index in [1.54, 1.807) is 0 Å². The third kappa shape index (κ3) is 3.46. The fourth-order valence-corrected chi connectivity index (χ4v) is 2.76. The second-order valence-corrected chi connectivity index (χ2v) is 5.32. The summed E-state index contributed by atoms with van der Waals surface area (Å²) in [6.07, 6.45) is 1.33. The van der Waals surface area contributed by atoms with Crippen molar-refractivity contribution in [3.8, 4) is 0 Å². The Morgan fingerprint density at radius 1 is 1.71 bits per heavy atom. The summed E-state index contributed by atoms with van der Waals surface area (Å²) < 4.78 is 0. The maximum atomic E-state index is 11.6. The van der Waals surface area contributed by atoms with Crippen molar-refractivity contribution < 1.29 is 4.79 Å². The zero-order valence-corrected chi connectivity index (χ0v) is 10.00. The molecule has 0 saturated carbocycles. The van der Waals surface area contributed by atoms with E-state index in [1.807, 2.05) is 16.7 Å². The lowest BCUT2D eigenvalue weighted by Crippen LogP contribution is -2.42. The van der Waals surface area contributed by atoms with E-state index in [1.165, 1.54) is 0 Å². The topological polar surface area (TPSA) is 46.3 Å². The standard InChI is InChI=1S/C9H16N2OS2/c1-2-7-6-11(3-4-14-7)9(12)5-8(10)13/h7H,2-6H2,1H3,(H2,10,13). The van der Waals surface area contributed by atoms with Gasteiger partial charge in [-0.25, -0.2) is 0 Å². The van der Waals surface area contributed by atoms with Crippen molar-refractivity contribution in [3.05, 3.63) is 0 Å².